The predicted octanol–water partition coefficient (Wildman–Crippen LogP) is 2.28. The SMILES string of the molecule is Cc1ccc(S(=O)(=O)NC(Cc2ccccc2)C(=O)N(C)C)c(C)c1. The van der Waals surface area contributed by atoms with Crippen LogP contribution in [0.1, 0.15) is 16.7 Å². The Balaban J connectivity index is 2.33. The molecule has 0 aliphatic rings. The van der Waals surface area contributed by atoms with Crippen LogP contribution >= 0.6 is 0 Å². The molecule has 0 heterocycles. The summed E-state index contributed by atoms with van der Waals surface area (Å²) in [7, 11) is -0.569. The zero-order valence-electron chi connectivity index (χ0n) is 15.0. The smallest absolute Gasteiger partial charge is 0.241 e. The fraction of sp³-hybridized carbons (Fsp3) is 0.316. The first-order valence-corrected chi connectivity index (χ1v) is 9.53. The number of nitrogens with zero attached hydrogens (tertiary/aromatic N) is 1. The summed E-state index contributed by atoms with van der Waals surface area (Å²) in [5.74, 6) is -0.280. The second-order valence-electron chi connectivity index (χ2n) is 6.37. The first-order valence-electron chi connectivity index (χ1n) is 8.05. The Bertz CT molecular complexity index is 846. The number of carbonyl (C=O) groups excluding carboxylic acids is 1. The van der Waals surface area contributed by atoms with Gasteiger partial charge in [0.2, 0.25) is 15.9 Å². The Labute approximate surface area is 149 Å². The minimum Gasteiger partial charge on any atom is -0.347 e. The maximum absolute atomic E-state index is 12.8. The molecule has 0 radical (unpaired) electrons. The van der Waals surface area contributed by atoms with Crippen LogP contribution in [0.2, 0.25) is 0 Å². The molecule has 2 aromatic carbocycles. The summed E-state index contributed by atoms with van der Waals surface area (Å²) in [4.78, 5) is 14.1. The van der Waals surface area contributed by atoms with Crippen LogP contribution in [0.4, 0.5) is 0 Å². The lowest BCUT2D eigenvalue weighted by Crippen LogP contribution is -2.47. The lowest BCUT2D eigenvalue weighted by molar-refractivity contribution is -0.130. The maximum atomic E-state index is 12.8. The minimum atomic E-state index is -3.80. The van der Waals surface area contributed by atoms with Crippen molar-refractivity contribution < 1.29 is 13.2 Å². The molecule has 2 rings (SSSR count). The van der Waals surface area contributed by atoms with Crippen molar-refractivity contribution in [2.45, 2.75) is 31.2 Å². The molecule has 0 saturated carbocycles. The molecule has 6 heteroatoms. The van der Waals surface area contributed by atoms with E-state index in [0.717, 1.165) is 11.1 Å². The van der Waals surface area contributed by atoms with Crippen LogP contribution in [0.25, 0.3) is 0 Å². The summed E-state index contributed by atoms with van der Waals surface area (Å²) in [5.41, 5.74) is 2.54. The fourth-order valence-corrected chi connectivity index (χ4v) is 4.11. The van der Waals surface area contributed by atoms with Crippen LogP contribution in [0, 0.1) is 13.8 Å². The van der Waals surface area contributed by atoms with Gasteiger partial charge >= 0.3 is 0 Å². The molecule has 25 heavy (non-hydrogen) atoms. The number of likely N-dealkylation sites (N-methyl/N-ethyl adjacent to an activating group) is 1. The van der Waals surface area contributed by atoms with E-state index < -0.39 is 16.1 Å². The first-order chi connectivity index (χ1) is 11.7. The van der Waals surface area contributed by atoms with Crippen molar-refractivity contribution in [3.05, 3.63) is 65.2 Å². The Morgan fingerprint density at radius 1 is 1.08 bits per heavy atom. The summed E-state index contributed by atoms with van der Waals surface area (Å²) in [6.45, 7) is 3.66. The molecule has 1 unspecified atom stereocenters. The zero-order valence-corrected chi connectivity index (χ0v) is 15.8. The van der Waals surface area contributed by atoms with Crippen molar-refractivity contribution in [3.8, 4) is 0 Å². The van der Waals surface area contributed by atoms with Gasteiger partial charge in [-0.15, -0.1) is 0 Å². The van der Waals surface area contributed by atoms with Crippen LogP contribution in [0.5, 0.6) is 0 Å². The van der Waals surface area contributed by atoms with Crippen molar-refractivity contribution in [2.75, 3.05) is 14.1 Å². The van der Waals surface area contributed by atoms with Crippen LogP contribution in [0.15, 0.2) is 53.4 Å². The van der Waals surface area contributed by atoms with E-state index in [2.05, 4.69) is 4.72 Å². The standard InChI is InChI=1S/C19H24N2O3S/c1-14-10-11-18(15(2)12-14)25(23,24)20-17(19(22)21(3)4)13-16-8-6-5-7-9-16/h5-12,17,20H,13H2,1-4H3. The Morgan fingerprint density at radius 3 is 2.28 bits per heavy atom. The summed E-state index contributed by atoms with van der Waals surface area (Å²) < 4.78 is 28.2. The third-order valence-corrected chi connectivity index (χ3v) is 5.57. The number of sulfonamides is 1. The van der Waals surface area contributed by atoms with E-state index in [1.54, 1.807) is 33.2 Å². The minimum absolute atomic E-state index is 0.197. The van der Waals surface area contributed by atoms with E-state index in [1.165, 1.54) is 4.90 Å². The molecule has 0 aromatic heterocycles. The van der Waals surface area contributed by atoms with Gasteiger partial charge in [-0.05, 0) is 37.5 Å². The topological polar surface area (TPSA) is 66.5 Å². The third kappa shape index (κ3) is 4.90. The van der Waals surface area contributed by atoms with Crippen LogP contribution in [0.3, 0.4) is 0 Å². The normalized spacial score (nSPS) is 12.6. The molecular weight excluding hydrogens is 336 g/mol. The maximum Gasteiger partial charge on any atom is 0.241 e. The zero-order chi connectivity index (χ0) is 18.6. The molecule has 0 aliphatic carbocycles. The Hall–Kier alpha value is -2.18. The number of carbonyl (C=O) groups is 1. The highest BCUT2D eigenvalue weighted by atomic mass is 32.2. The Morgan fingerprint density at radius 2 is 1.72 bits per heavy atom. The van der Waals surface area contributed by atoms with Gasteiger partial charge < -0.3 is 4.90 Å². The average molecular weight is 360 g/mol. The summed E-state index contributed by atoms with van der Waals surface area (Å²) in [5, 5.41) is 0. The van der Waals surface area contributed by atoms with Gasteiger partial charge in [-0.3, -0.25) is 4.79 Å². The molecule has 0 fully saturated rings. The van der Waals surface area contributed by atoms with E-state index >= 15 is 0 Å². The molecule has 0 saturated heterocycles. The Kier molecular flexibility index (Phi) is 5.98. The van der Waals surface area contributed by atoms with E-state index in [-0.39, 0.29) is 10.8 Å². The summed E-state index contributed by atoms with van der Waals surface area (Å²) >= 11 is 0. The van der Waals surface area contributed by atoms with Gasteiger partial charge in [0.05, 0.1) is 4.90 Å². The summed E-state index contributed by atoms with van der Waals surface area (Å²) in [6.07, 6.45) is 0.294. The van der Waals surface area contributed by atoms with Crippen LogP contribution in [-0.2, 0) is 21.2 Å². The highest BCUT2D eigenvalue weighted by Crippen LogP contribution is 2.17. The van der Waals surface area contributed by atoms with Crippen LogP contribution < -0.4 is 4.72 Å². The monoisotopic (exact) mass is 360 g/mol. The quantitative estimate of drug-likeness (QED) is 0.859. The first kappa shape index (κ1) is 19.1. The second kappa shape index (κ2) is 7.80. The number of aryl methyl sites for hydroxylation is 2. The molecule has 134 valence electrons. The highest BCUT2D eigenvalue weighted by molar-refractivity contribution is 7.89. The van der Waals surface area contributed by atoms with Crippen molar-refractivity contribution in [1.82, 2.24) is 9.62 Å². The van der Waals surface area contributed by atoms with Gasteiger partial charge in [0.15, 0.2) is 0 Å². The lowest BCUT2D eigenvalue weighted by atomic mass is 10.1. The average Bonchev–Trinajstić information content (AvgIpc) is 2.53. The van der Waals surface area contributed by atoms with Gasteiger partial charge in [-0.1, -0.05) is 48.0 Å². The van der Waals surface area contributed by atoms with Crippen molar-refractivity contribution in [2.24, 2.45) is 0 Å². The second-order valence-corrected chi connectivity index (χ2v) is 8.05. The predicted molar refractivity (Wildman–Crippen MR) is 98.9 cm³/mol. The molecule has 1 amide bonds. The van der Waals surface area contributed by atoms with Crippen LogP contribution in [-0.4, -0.2) is 39.4 Å². The van der Waals surface area contributed by atoms with Crippen molar-refractivity contribution in [3.63, 3.8) is 0 Å². The molecule has 0 spiro atoms. The van der Waals surface area contributed by atoms with Crippen molar-refractivity contribution in [1.29, 1.82) is 0 Å². The number of rotatable bonds is 6. The van der Waals surface area contributed by atoms with Crippen molar-refractivity contribution >= 4 is 15.9 Å². The number of amides is 1. The summed E-state index contributed by atoms with van der Waals surface area (Å²) in [6, 6.07) is 13.6. The number of nitrogens with one attached hydrogen (secondary N) is 1. The molecule has 1 N–H and O–H groups in total. The fourth-order valence-electron chi connectivity index (χ4n) is 2.69. The largest absolute Gasteiger partial charge is 0.347 e. The highest BCUT2D eigenvalue weighted by Gasteiger charge is 2.28. The molecule has 1 atom stereocenters. The lowest BCUT2D eigenvalue weighted by Gasteiger charge is -2.22. The number of hydrogen-bond acceptors (Lipinski definition) is 3. The van der Waals surface area contributed by atoms with Gasteiger partial charge in [-0.2, -0.15) is 4.72 Å². The van der Waals surface area contributed by atoms with Gasteiger partial charge in [0.1, 0.15) is 6.04 Å². The van der Waals surface area contributed by atoms with E-state index in [1.807, 2.05) is 43.3 Å². The number of hydrogen-bond donors (Lipinski definition) is 1. The number of benzene rings is 2. The third-order valence-electron chi connectivity index (χ3n) is 3.94. The van der Waals surface area contributed by atoms with Gasteiger partial charge in [-0.25, -0.2) is 8.42 Å². The molecule has 0 aliphatic heterocycles. The van der Waals surface area contributed by atoms with E-state index in [9.17, 15) is 13.2 Å². The molecule has 2 aromatic rings. The molecule has 5 nitrogen and oxygen atoms in total. The molecular formula is C19H24N2O3S. The van der Waals surface area contributed by atoms with Gasteiger partial charge in [0.25, 0.3) is 0 Å². The van der Waals surface area contributed by atoms with E-state index in [4.69, 9.17) is 0 Å². The van der Waals surface area contributed by atoms with E-state index in [0.29, 0.717) is 12.0 Å². The molecule has 0 bridgehead atoms. The van der Waals surface area contributed by atoms with Gasteiger partial charge in [0, 0.05) is 14.1 Å².